The zero-order valence-corrected chi connectivity index (χ0v) is 11.2. The van der Waals surface area contributed by atoms with Gasteiger partial charge in [0.2, 0.25) is 0 Å². The van der Waals surface area contributed by atoms with Gasteiger partial charge in [0.15, 0.2) is 5.76 Å². The van der Waals surface area contributed by atoms with Gasteiger partial charge in [-0.1, -0.05) is 17.3 Å². The fraction of sp³-hybridized carbons (Fsp3) is 0.0625. The maximum atomic E-state index is 13.9. The highest BCUT2D eigenvalue weighted by atomic mass is 19.1. The molecule has 1 heterocycles. The SMILES string of the molecule is OCc1c(-c2cc(F)ccc2F)noc1-c1cccc(F)c1. The van der Waals surface area contributed by atoms with Crippen molar-refractivity contribution in [2.24, 2.45) is 0 Å². The largest absolute Gasteiger partial charge is 0.391 e. The van der Waals surface area contributed by atoms with Crippen molar-refractivity contribution in [3.63, 3.8) is 0 Å². The van der Waals surface area contributed by atoms with Gasteiger partial charge < -0.3 is 9.63 Å². The number of hydrogen-bond acceptors (Lipinski definition) is 3. The molecule has 3 rings (SSSR count). The van der Waals surface area contributed by atoms with E-state index in [1.807, 2.05) is 0 Å². The Morgan fingerprint density at radius 1 is 1.00 bits per heavy atom. The number of hydrogen-bond donors (Lipinski definition) is 1. The molecule has 0 aliphatic rings. The van der Waals surface area contributed by atoms with Crippen LogP contribution in [0, 0.1) is 17.5 Å². The van der Waals surface area contributed by atoms with E-state index in [0.717, 1.165) is 18.2 Å². The van der Waals surface area contributed by atoms with Crippen molar-refractivity contribution in [3.8, 4) is 22.6 Å². The summed E-state index contributed by atoms with van der Waals surface area (Å²) in [6, 6.07) is 8.39. The highest BCUT2D eigenvalue weighted by Gasteiger charge is 2.21. The summed E-state index contributed by atoms with van der Waals surface area (Å²) in [6.07, 6.45) is 0. The van der Waals surface area contributed by atoms with Gasteiger partial charge in [-0.25, -0.2) is 13.2 Å². The lowest BCUT2D eigenvalue weighted by Crippen LogP contribution is -1.93. The third-order valence-corrected chi connectivity index (χ3v) is 3.22. The Morgan fingerprint density at radius 3 is 2.50 bits per heavy atom. The standard InChI is InChI=1S/C16H10F3NO2/c17-10-3-1-2-9(6-10)16-13(8-21)15(20-22-16)12-7-11(18)4-5-14(12)19/h1-7,21H,8H2. The maximum absolute atomic E-state index is 13.9. The Morgan fingerprint density at radius 2 is 1.77 bits per heavy atom. The Labute approximate surface area is 123 Å². The first-order valence-electron chi connectivity index (χ1n) is 6.41. The zero-order chi connectivity index (χ0) is 15.7. The zero-order valence-electron chi connectivity index (χ0n) is 11.2. The van der Waals surface area contributed by atoms with Crippen LogP contribution in [0.15, 0.2) is 47.0 Å². The molecule has 0 bridgehead atoms. The van der Waals surface area contributed by atoms with Gasteiger partial charge in [-0.2, -0.15) is 0 Å². The van der Waals surface area contributed by atoms with E-state index in [2.05, 4.69) is 5.16 Å². The van der Waals surface area contributed by atoms with E-state index in [-0.39, 0.29) is 22.6 Å². The van der Waals surface area contributed by atoms with Crippen molar-refractivity contribution in [2.75, 3.05) is 0 Å². The van der Waals surface area contributed by atoms with Gasteiger partial charge in [-0.3, -0.25) is 0 Å². The molecule has 0 aliphatic heterocycles. The molecule has 2 aromatic carbocycles. The predicted octanol–water partition coefficient (Wildman–Crippen LogP) is 3.92. The summed E-state index contributed by atoms with van der Waals surface area (Å²) < 4.78 is 45.6. The molecule has 3 aromatic rings. The minimum atomic E-state index is -0.699. The lowest BCUT2D eigenvalue weighted by Gasteiger charge is -2.03. The van der Waals surface area contributed by atoms with Crippen LogP contribution in [0.25, 0.3) is 22.6 Å². The Kier molecular flexibility index (Phi) is 3.68. The molecule has 0 radical (unpaired) electrons. The number of aliphatic hydroxyl groups excluding tert-OH is 1. The molecule has 0 amide bonds. The fourth-order valence-electron chi connectivity index (χ4n) is 2.20. The lowest BCUT2D eigenvalue weighted by atomic mass is 10.0. The summed E-state index contributed by atoms with van der Waals surface area (Å²) in [4.78, 5) is 0. The Bertz CT molecular complexity index is 830. The average molecular weight is 305 g/mol. The number of nitrogens with zero attached hydrogens (tertiary/aromatic N) is 1. The van der Waals surface area contributed by atoms with Gasteiger partial charge in [0, 0.05) is 11.1 Å². The Hall–Kier alpha value is -2.60. The molecule has 0 atom stereocenters. The van der Waals surface area contributed by atoms with Crippen LogP contribution >= 0.6 is 0 Å². The van der Waals surface area contributed by atoms with Gasteiger partial charge in [-0.05, 0) is 30.3 Å². The summed E-state index contributed by atoms with van der Waals surface area (Å²) in [5, 5.41) is 13.2. The van der Waals surface area contributed by atoms with E-state index in [9.17, 15) is 18.3 Å². The molecule has 0 saturated carbocycles. The van der Waals surface area contributed by atoms with E-state index in [4.69, 9.17) is 4.52 Å². The molecule has 0 spiro atoms. The molecule has 0 saturated heterocycles. The maximum Gasteiger partial charge on any atom is 0.173 e. The van der Waals surface area contributed by atoms with Crippen LogP contribution in [0.4, 0.5) is 13.2 Å². The van der Waals surface area contributed by atoms with Crippen molar-refractivity contribution in [1.29, 1.82) is 0 Å². The van der Waals surface area contributed by atoms with Crippen LogP contribution in [-0.4, -0.2) is 10.3 Å². The highest BCUT2D eigenvalue weighted by molar-refractivity contribution is 5.72. The Balaban J connectivity index is 2.17. The van der Waals surface area contributed by atoms with E-state index >= 15 is 0 Å². The number of aliphatic hydroxyl groups is 1. The molecule has 1 aromatic heterocycles. The molecule has 1 N–H and O–H groups in total. The van der Waals surface area contributed by atoms with Gasteiger partial charge in [0.25, 0.3) is 0 Å². The molecule has 22 heavy (non-hydrogen) atoms. The van der Waals surface area contributed by atoms with E-state index in [1.165, 1.54) is 18.2 Å². The van der Waals surface area contributed by atoms with Crippen LogP contribution in [0.5, 0.6) is 0 Å². The predicted molar refractivity (Wildman–Crippen MR) is 73.2 cm³/mol. The molecular weight excluding hydrogens is 295 g/mol. The first-order chi connectivity index (χ1) is 10.6. The van der Waals surface area contributed by atoms with E-state index < -0.39 is 24.1 Å². The number of halogens is 3. The van der Waals surface area contributed by atoms with E-state index in [1.54, 1.807) is 6.07 Å². The van der Waals surface area contributed by atoms with Gasteiger partial charge in [0.1, 0.15) is 23.1 Å². The van der Waals surface area contributed by atoms with Crippen molar-refractivity contribution in [3.05, 3.63) is 65.5 Å². The molecule has 3 nitrogen and oxygen atoms in total. The van der Waals surface area contributed by atoms with Crippen LogP contribution in [0.1, 0.15) is 5.56 Å². The molecule has 0 unspecified atom stereocenters. The number of rotatable bonds is 3. The smallest absolute Gasteiger partial charge is 0.173 e. The summed E-state index contributed by atoms with van der Waals surface area (Å²) >= 11 is 0. The normalized spacial score (nSPS) is 10.9. The minimum Gasteiger partial charge on any atom is -0.391 e. The highest BCUT2D eigenvalue weighted by Crippen LogP contribution is 2.34. The van der Waals surface area contributed by atoms with Crippen LogP contribution in [-0.2, 0) is 6.61 Å². The van der Waals surface area contributed by atoms with Crippen LogP contribution < -0.4 is 0 Å². The molecule has 0 fully saturated rings. The summed E-state index contributed by atoms with van der Waals surface area (Å²) in [7, 11) is 0. The van der Waals surface area contributed by atoms with Crippen molar-refractivity contribution >= 4 is 0 Å². The van der Waals surface area contributed by atoms with Crippen LogP contribution in [0.2, 0.25) is 0 Å². The topological polar surface area (TPSA) is 46.3 Å². The average Bonchev–Trinajstić information content (AvgIpc) is 2.93. The third-order valence-electron chi connectivity index (χ3n) is 3.22. The molecule has 0 aliphatic carbocycles. The second-order valence-electron chi connectivity index (χ2n) is 4.63. The van der Waals surface area contributed by atoms with Gasteiger partial charge >= 0.3 is 0 Å². The first-order valence-corrected chi connectivity index (χ1v) is 6.41. The van der Waals surface area contributed by atoms with Crippen LogP contribution in [0.3, 0.4) is 0 Å². The monoisotopic (exact) mass is 305 g/mol. The second kappa shape index (κ2) is 5.65. The fourth-order valence-corrected chi connectivity index (χ4v) is 2.20. The summed E-state index contributed by atoms with van der Waals surface area (Å²) in [5.41, 5.74) is 0.365. The summed E-state index contributed by atoms with van der Waals surface area (Å²) in [6.45, 7) is -0.513. The number of benzene rings is 2. The summed E-state index contributed by atoms with van der Waals surface area (Å²) in [5.74, 6) is -1.72. The minimum absolute atomic E-state index is 0.0150. The molecule has 6 heteroatoms. The lowest BCUT2D eigenvalue weighted by molar-refractivity contribution is 0.281. The second-order valence-corrected chi connectivity index (χ2v) is 4.63. The van der Waals surface area contributed by atoms with Gasteiger partial charge in [-0.15, -0.1) is 0 Å². The quantitative estimate of drug-likeness (QED) is 0.798. The van der Waals surface area contributed by atoms with Crippen molar-refractivity contribution in [2.45, 2.75) is 6.61 Å². The molecular formula is C16H10F3NO2. The van der Waals surface area contributed by atoms with Crippen molar-refractivity contribution < 1.29 is 22.8 Å². The van der Waals surface area contributed by atoms with E-state index in [0.29, 0.717) is 5.56 Å². The van der Waals surface area contributed by atoms with Crippen molar-refractivity contribution in [1.82, 2.24) is 5.16 Å². The first kappa shape index (κ1) is 14.3. The number of aromatic nitrogens is 1. The third kappa shape index (κ3) is 2.48. The van der Waals surface area contributed by atoms with Gasteiger partial charge in [0.05, 0.1) is 12.2 Å². The molecule has 112 valence electrons.